The minimum absolute atomic E-state index is 0. The molecule has 0 N–H and O–H groups in total. The summed E-state index contributed by atoms with van der Waals surface area (Å²) >= 11 is 0. The number of rotatable bonds is 2. The Kier molecular flexibility index (Phi) is 13.0. The molecule has 0 bridgehead atoms. The van der Waals surface area contributed by atoms with E-state index in [1.165, 1.54) is 0 Å². The van der Waals surface area contributed by atoms with Crippen molar-refractivity contribution in [3.8, 4) is 0 Å². The van der Waals surface area contributed by atoms with E-state index in [0.717, 1.165) is 10.5 Å². The average molecular weight is 132 g/mol. The maximum atomic E-state index is 4.67. The number of hydrogen-bond donors (Lipinski definition) is 0. The van der Waals surface area contributed by atoms with Crippen LogP contribution in [0, 0.1) is 0 Å². The summed E-state index contributed by atoms with van der Waals surface area (Å²) in [4.78, 5) is 0. The highest BCUT2D eigenvalue weighted by atomic mass is 28.2. The summed E-state index contributed by atoms with van der Waals surface area (Å²) < 4.78 is 4.67. The van der Waals surface area contributed by atoms with Gasteiger partial charge in [0.25, 0.3) is 0 Å². The summed E-state index contributed by atoms with van der Waals surface area (Å²) in [6.07, 6.45) is 5.06. The Hall–Kier alpha value is -0.286. The van der Waals surface area contributed by atoms with E-state index in [1.54, 1.807) is 18.4 Å². The van der Waals surface area contributed by atoms with E-state index in [1.807, 2.05) is 0 Å². The third-order valence-corrected chi connectivity index (χ3v) is 0.623. The van der Waals surface area contributed by atoms with Crippen LogP contribution in [0.3, 0.4) is 0 Å². The molecule has 0 aromatic rings. The van der Waals surface area contributed by atoms with Crippen LogP contribution in [-0.4, -0.2) is 21.5 Å². The molecule has 0 fully saturated rings. The second-order valence-corrected chi connectivity index (χ2v) is 1.27. The lowest BCUT2D eigenvalue weighted by Crippen LogP contribution is -1.62. The fraction of sp³-hybridized carbons (Fsp3) is 0. The van der Waals surface area contributed by atoms with Crippen molar-refractivity contribution in [3.63, 3.8) is 0 Å². The third-order valence-electron chi connectivity index (χ3n) is 0.351. The summed E-state index contributed by atoms with van der Waals surface area (Å²) in [6, 6.07) is 0. The van der Waals surface area contributed by atoms with Crippen LogP contribution in [0.1, 0.15) is 0 Å². The molecule has 0 unspecified atom stereocenters. The zero-order valence-corrected chi connectivity index (χ0v) is 5.85. The molecule has 0 atom stereocenters. The molecule has 0 spiro atoms. The van der Waals surface area contributed by atoms with Crippen LogP contribution >= 0.6 is 0 Å². The number of hydrogen-bond acceptors (Lipinski definition) is 1. The molecule has 0 radical (unpaired) electrons. The summed E-state index contributed by atoms with van der Waals surface area (Å²) in [6.45, 7) is 3.45. The summed E-state index contributed by atoms with van der Waals surface area (Å²) in [5.41, 5.74) is 0. The van der Waals surface area contributed by atoms with Crippen LogP contribution in [0.2, 0.25) is 0 Å². The predicted molar refractivity (Wildman–Crippen MR) is 41.7 cm³/mol. The highest BCUT2D eigenvalue weighted by Gasteiger charge is 1.51. The van der Waals surface area contributed by atoms with Crippen LogP contribution in [0.15, 0.2) is 25.0 Å². The smallest absolute Gasteiger partial charge is 0.203 e. The summed E-state index contributed by atoms with van der Waals surface area (Å²) in [7, 11) is 0.769. The zero-order valence-electron chi connectivity index (χ0n) is 3.85. The molecule has 0 aromatic heterocycles. The van der Waals surface area contributed by atoms with Gasteiger partial charge in [0, 0.05) is 0 Å². The van der Waals surface area contributed by atoms with E-state index in [2.05, 4.69) is 11.0 Å². The van der Waals surface area contributed by atoms with Crippen molar-refractivity contribution >= 4 is 21.5 Å². The highest BCUT2D eigenvalue weighted by Crippen LogP contribution is 1.68. The second-order valence-electron chi connectivity index (χ2n) is 0.800. The minimum atomic E-state index is 0. The molecule has 3 heteroatoms. The van der Waals surface area contributed by atoms with Crippen LogP contribution < -0.4 is 0 Å². The molecule has 0 aliphatic rings. The zero-order chi connectivity index (χ0) is 4.83. The normalized spacial score (nSPS) is 8.00. The molecule has 0 aromatic carbocycles. The first kappa shape index (κ1) is 9.86. The fourth-order valence-corrected chi connectivity index (χ4v) is 0.291. The quantitative estimate of drug-likeness (QED) is 0.253. The summed E-state index contributed by atoms with van der Waals surface area (Å²) in [5, 5.41) is 0. The van der Waals surface area contributed by atoms with Gasteiger partial charge in [0.1, 0.15) is 0 Å². The molecule has 0 saturated heterocycles. The molecular weight excluding hydrogens is 120 g/mol. The molecule has 0 aliphatic carbocycles. The van der Waals surface area contributed by atoms with E-state index in [-0.39, 0.29) is 11.0 Å². The van der Waals surface area contributed by atoms with Crippen LogP contribution in [0.25, 0.3) is 0 Å². The van der Waals surface area contributed by atoms with Crippen LogP contribution in [0.4, 0.5) is 0 Å². The fourth-order valence-electron chi connectivity index (χ4n) is 0.134. The first-order chi connectivity index (χ1) is 2.91. The maximum absolute atomic E-state index is 4.67. The van der Waals surface area contributed by atoms with Crippen LogP contribution in [-0.2, 0) is 4.43 Å². The highest BCUT2D eigenvalue weighted by molar-refractivity contribution is 5.98. The van der Waals surface area contributed by atoms with Gasteiger partial charge in [-0.15, -0.1) is 0 Å². The van der Waals surface area contributed by atoms with Crippen molar-refractivity contribution in [3.05, 3.63) is 25.0 Å². The topological polar surface area (TPSA) is 9.23 Å². The molecular formula is C4H12OSi2. The molecule has 7 heavy (non-hydrogen) atoms. The minimum Gasteiger partial charge on any atom is -0.558 e. The van der Waals surface area contributed by atoms with Gasteiger partial charge in [-0.05, 0) is 17.0 Å². The summed E-state index contributed by atoms with van der Waals surface area (Å²) in [5.74, 6) is 0. The van der Waals surface area contributed by atoms with Gasteiger partial charge in [-0.3, -0.25) is 0 Å². The van der Waals surface area contributed by atoms with Crippen molar-refractivity contribution < 1.29 is 4.43 Å². The molecule has 0 amide bonds. The van der Waals surface area contributed by atoms with Crippen molar-refractivity contribution in [1.82, 2.24) is 0 Å². The van der Waals surface area contributed by atoms with Gasteiger partial charge in [-0.25, -0.2) is 0 Å². The van der Waals surface area contributed by atoms with E-state index in [9.17, 15) is 0 Å². The van der Waals surface area contributed by atoms with E-state index < -0.39 is 0 Å². The van der Waals surface area contributed by atoms with Crippen LogP contribution in [0.5, 0.6) is 0 Å². The Morgan fingerprint density at radius 1 is 1.57 bits per heavy atom. The third kappa shape index (κ3) is 10.7. The van der Waals surface area contributed by atoms with Gasteiger partial charge in [0.15, 0.2) is 0 Å². The van der Waals surface area contributed by atoms with Crippen molar-refractivity contribution in [2.24, 2.45) is 0 Å². The van der Waals surface area contributed by atoms with Crippen molar-refractivity contribution in [1.29, 1.82) is 0 Å². The SMILES string of the molecule is C=CC=CO[SiH3].[SiH4]. The lowest BCUT2D eigenvalue weighted by Gasteiger charge is -1.79. The Labute approximate surface area is 51.6 Å². The van der Waals surface area contributed by atoms with Gasteiger partial charge in [-0.1, -0.05) is 12.7 Å². The molecule has 1 nitrogen and oxygen atoms in total. The Bertz CT molecular complexity index is 60.7. The van der Waals surface area contributed by atoms with Gasteiger partial charge in [-0.2, -0.15) is 0 Å². The van der Waals surface area contributed by atoms with Gasteiger partial charge < -0.3 is 4.43 Å². The maximum Gasteiger partial charge on any atom is 0.203 e. The Balaban J connectivity index is 0. The molecule has 0 rings (SSSR count). The average Bonchev–Trinajstić information content (AvgIpc) is 1.61. The van der Waals surface area contributed by atoms with Crippen molar-refractivity contribution in [2.75, 3.05) is 0 Å². The van der Waals surface area contributed by atoms with Gasteiger partial charge in [0.05, 0.1) is 6.26 Å². The number of allylic oxidation sites excluding steroid dienone is 2. The van der Waals surface area contributed by atoms with E-state index in [0.29, 0.717) is 0 Å². The van der Waals surface area contributed by atoms with E-state index >= 15 is 0 Å². The lowest BCUT2D eigenvalue weighted by atomic mass is 10.6. The Morgan fingerprint density at radius 2 is 2.14 bits per heavy atom. The van der Waals surface area contributed by atoms with E-state index in [4.69, 9.17) is 0 Å². The van der Waals surface area contributed by atoms with Gasteiger partial charge >= 0.3 is 0 Å². The lowest BCUT2D eigenvalue weighted by molar-refractivity contribution is 0.535. The monoisotopic (exact) mass is 132 g/mol. The van der Waals surface area contributed by atoms with Crippen molar-refractivity contribution in [2.45, 2.75) is 0 Å². The molecule has 0 heterocycles. The first-order valence-corrected chi connectivity index (χ1v) is 2.54. The predicted octanol–water partition coefficient (Wildman–Crippen LogP) is -1.47. The van der Waals surface area contributed by atoms with Gasteiger partial charge in [0.2, 0.25) is 10.5 Å². The molecule has 42 valence electrons. The standard InChI is InChI=1S/C4H8OSi.H4Si/c1-2-3-4-5-6;/h2-4H,1H2,6H3;1H4. The largest absolute Gasteiger partial charge is 0.558 e. The second kappa shape index (κ2) is 9.21. The Morgan fingerprint density at radius 3 is 2.29 bits per heavy atom. The molecule has 0 saturated carbocycles. The molecule has 0 aliphatic heterocycles. The first-order valence-electron chi connectivity index (χ1n) is 1.72.